The lowest BCUT2D eigenvalue weighted by molar-refractivity contribution is 0.0972. The summed E-state index contributed by atoms with van der Waals surface area (Å²) in [6.45, 7) is 1.09. The van der Waals surface area contributed by atoms with E-state index >= 15 is 0 Å². The van der Waals surface area contributed by atoms with Crippen molar-refractivity contribution in [3.05, 3.63) is 72.2 Å². The average Bonchev–Trinajstić information content (AvgIpc) is 3.16. The number of nitrogens with zero attached hydrogens (tertiary/aromatic N) is 2. The van der Waals surface area contributed by atoms with E-state index in [2.05, 4.69) is 4.98 Å². The Kier molecular flexibility index (Phi) is 4.15. The molecule has 0 radical (unpaired) electrons. The van der Waals surface area contributed by atoms with Gasteiger partial charge in [-0.1, -0.05) is 24.3 Å². The van der Waals surface area contributed by atoms with E-state index in [4.69, 9.17) is 4.74 Å². The van der Waals surface area contributed by atoms with Crippen LogP contribution in [0.1, 0.15) is 16.8 Å². The molecule has 1 fully saturated rings. The molecule has 5 heteroatoms. The fourth-order valence-electron chi connectivity index (χ4n) is 3.26. The molecular weight excluding hydrogens is 319 g/mol. The summed E-state index contributed by atoms with van der Waals surface area (Å²) in [5.41, 5.74) is 1.55. The van der Waals surface area contributed by atoms with Gasteiger partial charge in [-0.25, -0.2) is 4.39 Å². The number of fused-ring (bicyclic) bond motifs is 1. The normalized spacial score (nSPS) is 16.9. The minimum Gasteiger partial charge on any atom is -0.379 e. The minimum absolute atomic E-state index is 0.0723. The van der Waals surface area contributed by atoms with Gasteiger partial charge in [-0.05, 0) is 36.8 Å². The van der Waals surface area contributed by atoms with Crippen molar-refractivity contribution in [2.24, 2.45) is 0 Å². The summed E-state index contributed by atoms with van der Waals surface area (Å²) >= 11 is 0. The van der Waals surface area contributed by atoms with Crippen molar-refractivity contribution in [3.63, 3.8) is 0 Å². The lowest BCUT2D eigenvalue weighted by atomic mass is 10.1. The smallest absolute Gasteiger partial charge is 0.260 e. The number of aromatic nitrogens is 1. The van der Waals surface area contributed by atoms with Crippen molar-refractivity contribution in [2.45, 2.75) is 12.5 Å². The van der Waals surface area contributed by atoms with Crippen LogP contribution < -0.4 is 4.90 Å². The van der Waals surface area contributed by atoms with Gasteiger partial charge >= 0.3 is 0 Å². The first-order chi connectivity index (χ1) is 12.2. The molecule has 4 rings (SSSR count). The molecule has 0 spiro atoms. The maximum Gasteiger partial charge on any atom is 0.260 e. The molecular formula is C20H17FN2O2. The Labute approximate surface area is 144 Å². The highest BCUT2D eigenvalue weighted by molar-refractivity contribution is 6.13. The third-order valence-electron chi connectivity index (χ3n) is 4.42. The molecule has 1 aliphatic heterocycles. The predicted octanol–water partition coefficient (Wildman–Crippen LogP) is 3.81. The Morgan fingerprint density at radius 1 is 1.16 bits per heavy atom. The van der Waals surface area contributed by atoms with E-state index < -0.39 is 5.82 Å². The van der Waals surface area contributed by atoms with Crippen LogP contribution in [-0.2, 0) is 4.74 Å². The van der Waals surface area contributed by atoms with Gasteiger partial charge in [-0.15, -0.1) is 0 Å². The van der Waals surface area contributed by atoms with Gasteiger partial charge in [0.2, 0.25) is 0 Å². The van der Waals surface area contributed by atoms with Gasteiger partial charge in [-0.2, -0.15) is 0 Å². The molecule has 1 aliphatic rings. The number of halogens is 1. The Morgan fingerprint density at radius 2 is 2.00 bits per heavy atom. The number of carbonyl (C=O) groups is 1. The number of hydrogen-bond donors (Lipinski definition) is 0. The molecule has 0 saturated carbocycles. The molecule has 0 unspecified atom stereocenters. The molecule has 3 aromatic rings. The number of para-hydroxylation sites is 1. The topological polar surface area (TPSA) is 42.4 Å². The van der Waals surface area contributed by atoms with Crippen molar-refractivity contribution in [2.75, 3.05) is 18.1 Å². The quantitative estimate of drug-likeness (QED) is 0.730. The molecule has 0 bridgehead atoms. The molecule has 1 amide bonds. The number of benzene rings is 2. The third kappa shape index (κ3) is 2.98. The molecule has 0 aliphatic carbocycles. The number of amides is 1. The highest BCUT2D eigenvalue weighted by atomic mass is 19.1. The molecule has 1 atom stereocenters. The maximum atomic E-state index is 14.1. The second kappa shape index (κ2) is 6.61. The zero-order valence-corrected chi connectivity index (χ0v) is 13.6. The Balaban J connectivity index is 1.84. The standard InChI is InChI=1S/C20H17FN2O2/c21-15-11-14-5-4-9-22-19(14)18(12-15)20(24)23(17-8-10-25-13-17)16-6-2-1-3-7-16/h1-7,9,11-12,17H,8,10,13H2/t17-/m0/s1. The first kappa shape index (κ1) is 15.7. The third-order valence-corrected chi connectivity index (χ3v) is 4.42. The Morgan fingerprint density at radius 3 is 2.76 bits per heavy atom. The van der Waals surface area contributed by atoms with Gasteiger partial charge in [0.1, 0.15) is 5.82 Å². The SMILES string of the molecule is O=C(c1cc(F)cc2cccnc12)N(c1ccccc1)[C@H]1CCOC1. The summed E-state index contributed by atoms with van der Waals surface area (Å²) in [6.07, 6.45) is 2.36. The number of hydrogen-bond acceptors (Lipinski definition) is 3. The van der Waals surface area contributed by atoms with Gasteiger partial charge in [0.05, 0.1) is 23.7 Å². The Bertz CT molecular complexity index is 908. The largest absolute Gasteiger partial charge is 0.379 e. The van der Waals surface area contributed by atoms with Crippen LogP contribution in [0.5, 0.6) is 0 Å². The number of ether oxygens (including phenoxy) is 1. The minimum atomic E-state index is -0.445. The maximum absolute atomic E-state index is 14.1. The van der Waals surface area contributed by atoms with Gasteiger partial charge < -0.3 is 9.64 Å². The molecule has 2 heterocycles. The van der Waals surface area contributed by atoms with E-state index in [0.29, 0.717) is 24.1 Å². The fourth-order valence-corrected chi connectivity index (χ4v) is 3.26. The van der Waals surface area contributed by atoms with E-state index in [-0.39, 0.29) is 17.5 Å². The van der Waals surface area contributed by atoms with Crippen LogP contribution in [0.2, 0.25) is 0 Å². The lowest BCUT2D eigenvalue weighted by Crippen LogP contribution is -2.41. The fraction of sp³-hybridized carbons (Fsp3) is 0.200. The van der Waals surface area contributed by atoms with Crippen molar-refractivity contribution in [1.82, 2.24) is 4.98 Å². The predicted molar refractivity (Wildman–Crippen MR) is 94.2 cm³/mol. The van der Waals surface area contributed by atoms with Crippen molar-refractivity contribution < 1.29 is 13.9 Å². The summed E-state index contributed by atoms with van der Waals surface area (Å²) in [5.74, 6) is -0.704. The van der Waals surface area contributed by atoms with Crippen LogP contribution >= 0.6 is 0 Å². The van der Waals surface area contributed by atoms with Gasteiger partial charge in [0.25, 0.3) is 5.91 Å². The summed E-state index contributed by atoms with van der Waals surface area (Å²) in [6, 6.07) is 15.5. The zero-order valence-electron chi connectivity index (χ0n) is 13.6. The number of anilines is 1. The molecule has 1 saturated heterocycles. The van der Waals surface area contributed by atoms with E-state index in [0.717, 1.165) is 12.1 Å². The summed E-state index contributed by atoms with van der Waals surface area (Å²) in [7, 11) is 0. The summed E-state index contributed by atoms with van der Waals surface area (Å²) in [4.78, 5) is 19.4. The molecule has 0 N–H and O–H groups in total. The average molecular weight is 336 g/mol. The van der Waals surface area contributed by atoms with Crippen molar-refractivity contribution in [1.29, 1.82) is 0 Å². The number of carbonyl (C=O) groups excluding carboxylic acids is 1. The second-order valence-electron chi connectivity index (χ2n) is 6.06. The molecule has 25 heavy (non-hydrogen) atoms. The van der Waals surface area contributed by atoms with E-state index in [9.17, 15) is 9.18 Å². The first-order valence-electron chi connectivity index (χ1n) is 8.24. The van der Waals surface area contributed by atoms with E-state index in [1.807, 2.05) is 30.3 Å². The lowest BCUT2D eigenvalue weighted by Gasteiger charge is -2.28. The van der Waals surface area contributed by atoms with Gasteiger partial charge in [-0.3, -0.25) is 9.78 Å². The van der Waals surface area contributed by atoms with Crippen LogP contribution in [0.25, 0.3) is 10.9 Å². The number of pyridine rings is 1. The van der Waals surface area contributed by atoms with Crippen molar-refractivity contribution in [3.8, 4) is 0 Å². The van der Waals surface area contributed by atoms with Crippen LogP contribution in [0.3, 0.4) is 0 Å². The Hall–Kier alpha value is -2.79. The van der Waals surface area contributed by atoms with Gasteiger partial charge in [0.15, 0.2) is 0 Å². The zero-order chi connectivity index (χ0) is 17.2. The van der Waals surface area contributed by atoms with Crippen molar-refractivity contribution >= 4 is 22.5 Å². The molecule has 126 valence electrons. The second-order valence-corrected chi connectivity index (χ2v) is 6.06. The first-order valence-corrected chi connectivity index (χ1v) is 8.24. The van der Waals surface area contributed by atoms with E-state index in [1.54, 1.807) is 23.2 Å². The number of rotatable bonds is 3. The highest BCUT2D eigenvalue weighted by Gasteiger charge is 2.30. The van der Waals surface area contributed by atoms with Crippen LogP contribution in [0.15, 0.2) is 60.8 Å². The highest BCUT2D eigenvalue weighted by Crippen LogP contribution is 2.27. The summed E-state index contributed by atoms with van der Waals surface area (Å²) in [5, 5.41) is 0.613. The van der Waals surface area contributed by atoms with Crippen LogP contribution in [-0.4, -0.2) is 30.1 Å². The molecule has 4 nitrogen and oxygen atoms in total. The van der Waals surface area contributed by atoms with Crippen LogP contribution in [0, 0.1) is 5.82 Å². The molecule has 1 aromatic heterocycles. The monoisotopic (exact) mass is 336 g/mol. The summed E-state index contributed by atoms with van der Waals surface area (Å²) < 4.78 is 19.6. The van der Waals surface area contributed by atoms with Crippen LogP contribution in [0.4, 0.5) is 10.1 Å². The molecule has 2 aromatic carbocycles. The van der Waals surface area contributed by atoms with E-state index in [1.165, 1.54) is 12.1 Å². The van der Waals surface area contributed by atoms with Gasteiger partial charge in [0, 0.05) is 23.9 Å².